The molecule has 0 bridgehead atoms. The van der Waals surface area contributed by atoms with Gasteiger partial charge in [-0.15, -0.1) is 0 Å². The minimum Gasteiger partial charge on any atom is -0.392 e. The molecule has 0 spiro atoms. The van der Waals surface area contributed by atoms with Crippen LogP contribution in [0.25, 0.3) is 0 Å². The molecule has 2 amide bonds. The molecule has 4 aromatic rings. The van der Waals surface area contributed by atoms with Gasteiger partial charge in [-0.25, -0.2) is 4.90 Å². The van der Waals surface area contributed by atoms with Crippen LogP contribution in [-0.2, 0) is 16.1 Å². The number of ether oxygens (including phenoxy) is 2. The molecule has 2 saturated heterocycles. The molecule has 0 aliphatic carbocycles. The predicted octanol–water partition coefficient (Wildman–Crippen LogP) is 5.26. The molecule has 7 rings (SSSR count). The second-order valence-corrected chi connectivity index (χ2v) is 12.0. The molecular formula is C36H34N4O7. The van der Waals surface area contributed by atoms with Crippen LogP contribution in [0, 0.1) is 10.1 Å². The van der Waals surface area contributed by atoms with E-state index >= 15 is 0 Å². The third-order valence-corrected chi connectivity index (χ3v) is 9.07. The monoisotopic (exact) mass is 634 g/mol. The van der Waals surface area contributed by atoms with Crippen LogP contribution in [0.3, 0.4) is 0 Å². The van der Waals surface area contributed by atoms with Crippen LogP contribution < -0.4 is 9.80 Å². The fourth-order valence-corrected chi connectivity index (χ4v) is 6.53. The van der Waals surface area contributed by atoms with Crippen molar-refractivity contribution in [2.75, 3.05) is 42.5 Å². The topological polar surface area (TPSA) is 126 Å². The number of hydrogen-bond acceptors (Lipinski definition) is 9. The maximum absolute atomic E-state index is 13.2. The second kappa shape index (κ2) is 13.0. The number of imide groups is 1. The molecule has 4 aromatic carbocycles. The Balaban J connectivity index is 1.08. The van der Waals surface area contributed by atoms with E-state index in [-0.39, 0.29) is 36.3 Å². The standard InChI is InChI=1S/C36H34N4O7/c41-23-24-8-10-25(11-9-24)33-21-30(22-37-16-18-38(19-17-37)27-12-14-28(15-13-27)40(44)45)46-36(47-33)26-4-3-5-29(20-26)39-34(42)31-6-1-2-7-32(31)35(39)43/h1-15,20,30,33,36,41H,16-19,21-23H2. The van der Waals surface area contributed by atoms with Gasteiger partial charge in [0.25, 0.3) is 17.5 Å². The largest absolute Gasteiger partial charge is 0.392 e. The molecule has 240 valence electrons. The van der Waals surface area contributed by atoms with Gasteiger partial charge >= 0.3 is 0 Å². The zero-order valence-corrected chi connectivity index (χ0v) is 25.6. The first-order chi connectivity index (χ1) is 22.9. The number of carbonyl (C=O) groups excluding carboxylic acids is 2. The Morgan fingerprint density at radius 2 is 1.45 bits per heavy atom. The number of anilines is 2. The summed E-state index contributed by atoms with van der Waals surface area (Å²) in [6, 6.07) is 28.4. The van der Waals surface area contributed by atoms with Gasteiger partial charge in [-0.3, -0.25) is 24.6 Å². The highest BCUT2D eigenvalue weighted by atomic mass is 16.7. The average Bonchev–Trinajstić information content (AvgIpc) is 3.37. The fraction of sp³-hybridized carbons (Fsp3) is 0.278. The first-order valence-electron chi connectivity index (χ1n) is 15.7. The molecule has 0 saturated carbocycles. The second-order valence-electron chi connectivity index (χ2n) is 12.0. The number of amides is 2. The molecule has 0 radical (unpaired) electrons. The predicted molar refractivity (Wildman–Crippen MR) is 174 cm³/mol. The van der Waals surface area contributed by atoms with Gasteiger partial charge in [0, 0.05) is 62.5 Å². The quantitative estimate of drug-likeness (QED) is 0.157. The molecule has 3 unspecified atom stereocenters. The molecule has 11 heteroatoms. The molecule has 3 aliphatic heterocycles. The van der Waals surface area contributed by atoms with Crippen molar-refractivity contribution in [1.82, 2.24) is 4.90 Å². The molecular weight excluding hydrogens is 600 g/mol. The molecule has 1 N–H and O–H groups in total. The van der Waals surface area contributed by atoms with Crippen LogP contribution in [0.2, 0.25) is 0 Å². The number of nitro groups is 1. The lowest BCUT2D eigenvalue weighted by molar-refractivity contribution is -0.384. The maximum Gasteiger partial charge on any atom is 0.269 e. The third kappa shape index (κ3) is 6.26. The Morgan fingerprint density at radius 1 is 0.766 bits per heavy atom. The van der Waals surface area contributed by atoms with E-state index in [0.717, 1.165) is 43.0 Å². The minimum absolute atomic E-state index is 0.0450. The van der Waals surface area contributed by atoms with Crippen LogP contribution in [0.5, 0.6) is 0 Å². The molecule has 11 nitrogen and oxygen atoms in total. The van der Waals surface area contributed by atoms with E-state index in [1.165, 1.54) is 17.0 Å². The van der Waals surface area contributed by atoms with Gasteiger partial charge < -0.3 is 19.5 Å². The summed E-state index contributed by atoms with van der Waals surface area (Å²) in [4.78, 5) is 42.8. The zero-order valence-electron chi connectivity index (χ0n) is 25.6. The Labute approximate surface area is 271 Å². The number of hydrogen-bond donors (Lipinski definition) is 1. The van der Waals surface area contributed by atoms with Crippen LogP contribution in [0.15, 0.2) is 97.1 Å². The molecule has 3 aliphatic rings. The van der Waals surface area contributed by atoms with Gasteiger partial charge in [-0.1, -0.05) is 48.5 Å². The summed E-state index contributed by atoms with van der Waals surface area (Å²) in [5, 5.41) is 20.6. The lowest BCUT2D eigenvalue weighted by atomic mass is 9.99. The van der Waals surface area contributed by atoms with Gasteiger partial charge in [-0.2, -0.15) is 0 Å². The lowest BCUT2D eigenvalue weighted by Gasteiger charge is -2.41. The van der Waals surface area contributed by atoms with E-state index in [1.807, 2.05) is 30.3 Å². The molecule has 3 heterocycles. The van der Waals surface area contributed by atoms with Gasteiger partial charge in [0.1, 0.15) is 0 Å². The highest BCUT2D eigenvalue weighted by molar-refractivity contribution is 6.34. The summed E-state index contributed by atoms with van der Waals surface area (Å²) in [5.41, 5.74) is 4.74. The van der Waals surface area contributed by atoms with E-state index in [2.05, 4.69) is 9.80 Å². The number of benzene rings is 4. The Hall–Kier alpha value is -4.94. The van der Waals surface area contributed by atoms with Crippen molar-refractivity contribution in [1.29, 1.82) is 0 Å². The number of nitro benzene ring substituents is 1. The Kier molecular flexibility index (Phi) is 8.52. The van der Waals surface area contributed by atoms with Crippen molar-refractivity contribution in [3.63, 3.8) is 0 Å². The lowest BCUT2D eigenvalue weighted by Crippen LogP contribution is -2.49. The number of carbonyl (C=O) groups is 2. The maximum atomic E-state index is 13.2. The summed E-state index contributed by atoms with van der Waals surface area (Å²) in [7, 11) is 0. The molecule has 47 heavy (non-hydrogen) atoms. The number of rotatable bonds is 8. The van der Waals surface area contributed by atoms with E-state index in [9.17, 15) is 24.8 Å². The highest BCUT2D eigenvalue weighted by Gasteiger charge is 2.38. The average molecular weight is 635 g/mol. The van der Waals surface area contributed by atoms with Crippen molar-refractivity contribution >= 4 is 28.9 Å². The van der Waals surface area contributed by atoms with Crippen molar-refractivity contribution in [2.45, 2.75) is 31.5 Å². The van der Waals surface area contributed by atoms with Crippen LogP contribution >= 0.6 is 0 Å². The number of nitrogens with zero attached hydrogens (tertiary/aromatic N) is 4. The normalized spacial score (nSPS) is 21.6. The van der Waals surface area contributed by atoms with Crippen molar-refractivity contribution in [2.24, 2.45) is 0 Å². The van der Waals surface area contributed by atoms with Gasteiger partial charge in [0.05, 0.1) is 40.6 Å². The van der Waals surface area contributed by atoms with Gasteiger partial charge in [0.2, 0.25) is 0 Å². The van der Waals surface area contributed by atoms with Crippen LogP contribution in [-0.4, -0.2) is 65.6 Å². The summed E-state index contributed by atoms with van der Waals surface area (Å²) >= 11 is 0. The Morgan fingerprint density at radius 3 is 2.09 bits per heavy atom. The van der Waals surface area contributed by atoms with E-state index in [0.29, 0.717) is 35.3 Å². The summed E-state index contributed by atoms with van der Waals surface area (Å²) < 4.78 is 13.1. The highest BCUT2D eigenvalue weighted by Crippen LogP contribution is 2.40. The van der Waals surface area contributed by atoms with Crippen LogP contribution in [0.1, 0.15) is 56.2 Å². The van der Waals surface area contributed by atoms with E-state index in [1.54, 1.807) is 54.6 Å². The number of non-ortho nitro benzene ring substituents is 1. The zero-order chi connectivity index (χ0) is 32.5. The molecule has 0 aromatic heterocycles. The summed E-state index contributed by atoms with van der Waals surface area (Å²) in [6.07, 6.45) is -0.580. The number of aliphatic hydroxyl groups excluding tert-OH is 1. The van der Waals surface area contributed by atoms with E-state index in [4.69, 9.17) is 9.47 Å². The van der Waals surface area contributed by atoms with E-state index < -0.39 is 11.2 Å². The SMILES string of the molecule is O=C1c2ccccc2C(=O)N1c1cccc(C2OC(CN3CCN(c4ccc([N+](=O)[O-])cc4)CC3)CC(c3ccc(CO)cc3)O2)c1. The molecule has 2 fully saturated rings. The smallest absolute Gasteiger partial charge is 0.269 e. The summed E-state index contributed by atoms with van der Waals surface area (Å²) in [5.74, 6) is -0.721. The first kappa shape index (κ1) is 30.7. The van der Waals surface area contributed by atoms with Crippen molar-refractivity contribution in [3.05, 3.63) is 135 Å². The summed E-state index contributed by atoms with van der Waals surface area (Å²) in [6.45, 7) is 3.78. The Bertz CT molecular complexity index is 1750. The molecule has 3 atom stereocenters. The number of piperazine rings is 1. The van der Waals surface area contributed by atoms with Crippen molar-refractivity contribution in [3.8, 4) is 0 Å². The number of fused-ring (bicyclic) bond motifs is 1. The van der Waals surface area contributed by atoms with Crippen LogP contribution in [0.4, 0.5) is 17.1 Å². The van der Waals surface area contributed by atoms with Gasteiger partial charge in [-0.05, 0) is 47.5 Å². The van der Waals surface area contributed by atoms with Gasteiger partial charge in [0.15, 0.2) is 6.29 Å². The fourth-order valence-electron chi connectivity index (χ4n) is 6.53. The number of aliphatic hydroxyl groups is 1. The first-order valence-corrected chi connectivity index (χ1v) is 15.7. The minimum atomic E-state index is -0.743. The third-order valence-electron chi connectivity index (χ3n) is 9.07. The van der Waals surface area contributed by atoms with Crippen molar-refractivity contribution < 1.29 is 29.1 Å².